The highest BCUT2D eigenvalue weighted by atomic mass is 32.2. The van der Waals surface area contributed by atoms with Crippen molar-refractivity contribution in [2.24, 2.45) is 16.0 Å². The van der Waals surface area contributed by atoms with Crippen LogP contribution in [0.25, 0.3) is 11.8 Å². The van der Waals surface area contributed by atoms with Crippen LogP contribution < -0.4 is 0 Å². The quantitative estimate of drug-likeness (QED) is 0.754. The summed E-state index contributed by atoms with van der Waals surface area (Å²) in [6, 6.07) is 10.3. The smallest absolute Gasteiger partial charge is 0.283 e. The van der Waals surface area contributed by atoms with Gasteiger partial charge in [-0.3, -0.25) is 10.2 Å². The Hall–Kier alpha value is -2.93. The molecule has 2 aliphatic rings. The molecule has 2 aromatic rings. The second-order valence-electron chi connectivity index (χ2n) is 7.61. The Morgan fingerprint density at radius 2 is 1.93 bits per heavy atom. The molecule has 6 nitrogen and oxygen atoms in total. The Morgan fingerprint density at radius 1 is 1.17 bits per heavy atom. The third-order valence-electron chi connectivity index (χ3n) is 4.99. The number of fused-ring (bicyclic) bond motifs is 1. The van der Waals surface area contributed by atoms with Gasteiger partial charge in [0, 0.05) is 23.0 Å². The van der Waals surface area contributed by atoms with Crippen molar-refractivity contribution < 1.29 is 4.79 Å². The number of benzene rings is 1. The summed E-state index contributed by atoms with van der Waals surface area (Å²) in [5.41, 5.74) is 5.50. The highest BCUT2D eigenvalue weighted by Gasteiger charge is 2.36. The number of aromatic nitrogens is 1. The fourth-order valence-corrected chi connectivity index (χ4v) is 4.39. The van der Waals surface area contributed by atoms with Crippen LogP contribution in [0.1, 0.15) is 36.4 Å². The summed E-state index contributed by atoms with van der Waals surface area (Å²) < 4.78 is 2.16. The maximum Gasteiger partial charge on any atom is 0.283 e. The van der Waals surface area contributed by atoms with E-state index in [4.69, 9.17) is 5.41 Å². The van der Waals surface area contributed by atoms with E-state index in [9.17, 15) is 4.79 Å². The summed E-state index contributed by atoms with van der Waals surface area (Å²) in [4.78, 5) is 16.8. The second kappa shape index (κ2) is 7.15. The molecule has 1 aromatic carbocycles. The standard InChI is InChI=1S/C22H23N5OS/c1-12(2)21-25-27-19(23)18(20(28)24-22(27)29-21)11-16-10-14(4)26(15(16)5)17-8-6-7-13(3)9-17/h6-12,23H,1-5H3. The molecule has 0 atom stereocenters. The van der Waals surface area contributed by atoms with Crippen LogP contribution in [-0.2, 0) is 4.79 Å². The van der Waals surface area contributed by atoms with Gasteiger partial charge in [-0.15, -0.1) is 0 Å². The lowest BCUT2D eigenvalue weighted by Gasteiger charge is -2.20. The average molecular weight is 406 g/mol. The normalized spacial score (nSPS) is 17.9. The summed E-state index contributed by atoms with van der Waals surface area (Å²) in [7, 11) is 0. The van der Waals surface area contributed by atoms with E-state index in [0.717, 1.165) is 27.7 Å². The molecule has 0 saturated heterocycles. The number of carbonyl (C=O) groups excluding carboxylic acids is 1. The lowest BCUT2D eigenvalue weighted by atomic mass is 10.1. The zero-order chi connectivity index (χ0) is 20.9. The number of amides is 1. The van der Waals surface area contributed by atoms with Crippen molar-refractivity contribution in [2.45, 2.75) is 34.6 Å². The molecule has 4 rings (SSSR count). The molecule has 0 unspecified atom stereocenters. The number of rotatable bonds is 3. The SMILES string of the molecule is Cc1cccc(-n2c(C)cc(C=C3C(=N)N4N=C(C(C)C)SC4=NC3=O)c2C)c1. The van der Waals surface area contributed by atoms with Crippen LogP contribution in [0.4, 0.5) is 0 Å². The van der Waals surface area contributed by atoms with Crippen molar-refractivity contribution in [3.8, 4) is 5.69 Å². The van der Waals surface area contributed by atoms with Crippen LogP contribution in [0.5, 0.6) is 0 Å². The van der Waals surface area contributed by atoms with Crippen molar-refractivity contribution in [1.29, 1.82) is 5.41 Å². The van der Waals surface area contributed by atoms with E-state index in [1.165, 1.54) is 22.3 Å². The van der Waals surface area contributed by atoms with E-state index in [0.29, 0.717) is 5.17 Å². The van der Waals surface area contributed by atoms with Gasteiger partial charge >= 0.3 is 0 Å². The number of aryl methyl sites for hydroxylation is 2. The van der Waals surface area contributed by atoms with Crippen LogP contribution in [-0.4, -0.2) is 31.5 Å². The molecule has 1 N–H and O–H groups in total. The van der Waals surface area contributed by atoms with E-state index in [1.807, 2.05) is 39.8 Å². The van der Waals surface area contributed by atoms with Gasteiger partial charge in [0.15, 0.2) is 5.84 Å². The molecule has 0 aliphatic carbocycles. The molecular formula is C22H23N5OS. The van der Waals surface area contributed by atoms with E-state index in [2.05, 4.69) is 39.8 Å². The van der Waals surface area contributed by atoms with Crippen LogP contribution in [0, 0.1) is 32.1 Å². The predicted molar refractivity (Wildman–Crippen MR) is 120 cm³/mol. The molecule has 2 aliphatic heterocycles. The second-order valence-corrected chi connectivity index (χ2v) is 8.60. The molecule has 1 amide bonds. The molecule has 1 aromatic heterocycles. The van der Waals surface area contributed by atoms with Gasteiger partial charge in [-0.1, -0.05) is 26.0 Å². The van der Waals surface area contributed by atoms with Gasteiger partial charge in [0.2, 0.25) is 5.17 Å². The Balaban J connectivity index is 1.75. The summed E-state index contributed by atoms with van der Waals surface area (Å²) >= 11 is 1.36. The minimum absolute atomic E-state index is 0.0727. The summed E-state index contributed by atoms with van der Waals surface area (Å²) in [6.45, 7) is 10.2. The minimum Gasteiger partial charge on any atom is -0.318 e. The van der Waals surface area contributed by atoms with E-state index in [-0.39, 0.29) is 17.3 Å². The van der Waals surface area contributed by atoms with E-state index >= 15 is 0 Å². The van der Waals surface area contributed by atoms with Crippen LogP contribution in [0.3, 0.4) is 0 Å². The molecule has 0 radical (unpaired) electrons. The van der Waals surface area contributed by atoms with Gasteiger partial charge in [0.25, 0.3) is 5.91 Å². The van der Waals surface area contributed by atoms with Gasteiger partial charge in [-0.25, -0.2) is 0 Å². The van der Waals surface area contributed by atoms with Crippen LogP contribution >= 0.6 is 11.8 Å². The van der Waals surface area contributed by atoms with Crippen molar-refractivity contribution in [2.75, 3.05) is 0 Å². The van der Waals surface area contributed by atoms with Gasteiger partial charge in [-0.2, -0.15) is 15.1 Å². The summed E-state index contributed by atoms with van der Waals surface area (Å²) in [5.74, 6) is -0.102. The zero-order valence-electron chi connectivity index (χ0n) is 17.1. The number of thioether (sulfide) groups is 1. The van der Waals surface area contributed by atoms with Crippen LogP contribution in [0.2, 0.25) is 0 Å². The van der Waals surface area contributed by atoms with Crippen molar-refractivity contribution in [3.63, 3.8) is 0 Å². The zero-order valence-corrected chi connectivity index (χ0v) is 18.0. The number of hydrogen-bond acceptors (Lipinski definition) is 4. The maximum atomic E-state index is 12.7. The largest absolute Gasteiger partial charge is 0.318 e. The number of carbonyl (C=O) groups is 1. The monoisotopic (exact) mass is 405 g/mol. The Labute approximate surface area is 174 Å². The highest BCUT2D eigenvalue weighted by molar-refractivity contribution is 8.27. The van der Waals surface area contributed by atoms with Crippen molar-refractivity contribution in [1.82, 2.24) is 9.58 Å². The average Bonchev–Trinajstić information content (AvgIpc) is 3.20. The first-order valence-corrected chi connectivity index (χ1v) is 10.3. The molecule has 0 fully saturated rings. The predicted octanol–water partition coefficient (Wildman–Crippen LogP) is 4.68. The number of nitrogens with zero attached hydrogens (tertiary/aromatic N) is 4. The Morgan fingerprint density at radius 3 is 2.62 bits per heavy atom. The van der Waals surface area contributed by atoms with Crippen molar-refractivity contribution in [3.05, 3.63) is 58.4 Å². The van der Waals surface area contributed by atoms with E-state index in [1.54, 1.807) is 6.08 Å². The van der Waals surface area contributed by atoms with Gasteiger partial charge in [-0.05, 0) is 67.9 Å². The fourth-order valence-electron chi connectivity index (χ4n) is 3.49. The third-order valence-corrected chi connectivity index (χ3v) is 6.20. The first-order chi connectivity index (χ1) is 13.8. The minimum atomic E-state index is -0.394. The van der Waals surface area contributed by atoms with Gasteiger partial charge in [0.1, 0.15) is 5.04 Å². The van der Waals surface area contributed by atoms with Crippen molar-refractivity contribution >= 4 is 39.8 Å². The number of hydrogen-bond donors (Lipinski definition) is 1. The molecule has 29 heavy (non-hydrogen) atoms. The molecule has 3 heterocycles. The number of hydrazone groups is 1. The summed E-state index contributed by atoms with van der Waals surface area (Å²) in [5, 5.41) is 15.8. The highest BCUT2D eigenvalue weighted by Crippen LogP contribution is 2.31. The lowest BCUT2D eigenvalue weighted by molar-refractivity contribution is -0.114. The maximum absolute atomic E-state index is 12.7. The first kappa shape index (κ1) is 19.4. The number of nitrogens with one attached hydrogen (secondary N) is 1. The van der Waals surface area contributed by atoms with Gasteiger partial charge in [0.05, 0.1) is 5.57 Å². The number of aliphatic imine (C=N–C) groups is 1. The molecule has 0 spiro atoms. The molecule has 0 bridgehead atoms. The summed E-state index contributed by atoms with van der Waals surface area (Å²) in [6.07, 6.45) is 1.76. The Bertz CT molecular complexity index is 1140. The third kappa shape index (κ3) is 3.35. The van der Waals surface area contributed by atoms with Gasteiger partial charge < -0.3 is 4.57 Å². The van der Waals surface area contributed by atoms with E-state index < -0.39 is 5.91 Å². The molecular weight excluding hydrogens is 382 g/mol. The molecule has 148 valence electrons. The first-order valence-electron chi connectivity index (χ1n) is 9.52. The molecule has 0 saturated carbocycles. The Kier molecular flexibility index (Phi) is 4.78. The van der Waals surface area contributed by atoms with Crippen LogP contribution in [0.15, 0.2) is 46.0 Å². The lowest BCUT2D eigenvalue weighted by Crippen LogP contribution is -2.35. The fraction of sp³-hybridized carbons (Fsp3) is 0.273. The molecule has 7 heteroatoms. The number of amidine groups is 2. The topological polar surface area (TPSA) is 73.8 Å².